The molecule has 0 heterocycles. The van der Waals surface area contributed by atoms with Gasteiger partial charge in [-0.2, -0.15) is 0 Å². The average Bonchev–Trinajstić information content (AvgIpc) is 2.80. The van der Waals surface area contributed by atoms with E-state index in [4.69, 9.17) is 5.73 Å². The van der Waals surface area contributed by atoms with E-state index < -0.39 is 0 Å². The molecule has 1 saturated carbocycles. The third-order valence-electron chi connectivity index (χ3n) is 3.40. The molecule has 0 spiro atoms. The normalized spacial score (nSPS) is 32.2. The molecule has 2 N–H and O–H groups in total. The molecule has 70 valence electrons. The third-order valence-corrected chi connectivity index (χ3v) is 3.40. The average molecular weight is 175 g/mol. The van der Waals surface area contributed by atoms with Gasteiger partial charge in [-0.1, -0.05) is 44.2 Å². The van der Waals surface area contributed by atoms with Crippen LogP contribution in [0.4, 0.5) is 0 Å². The fraction of sp³-hybridized carbons (Fsp3) is 0.500. The van der Waals surface area contributed by atoms with Crippen LogP contribution in [0.1, 0.15) is 25.8 Å². The van der Waals surface area contributed by atoms with Crippen LogP contribution in [0.25, 0.3) is 0 Å². The van der Waals surface area contributed by atoms with Crippen molar-refractivity contribution in [3.8, 4) is 0 Å². The standard InChI is InChI=1S/C12H17N/c1-9(2)12(8-11(12)13)10-6-4-3-5-7-10/h3-7,9,11H,8,13H2,1-2H3/t11-,12?/m1/s1. The van der Waals surface area contributed by atoms with E-state index in [-0.39, 0.29) is 5.41 Å². The van der Waals surface area contributed by atoms with Crippen molar-refractivity contribution in [3.05, 3.63) is 35.9 Å². The summed E-state index contributed by atoms with van der Waals surface area (Å²) in [5.74, 6) is 0.643. The van der Waals surface area contributed by atoms with Crippen LogP contribution in [-0.2, 0) is 5.41 Å². The van der Waals surface area contributed by atoms with Crippen LogP contribution in [0.3, 0.4) is 0 Å². The van der Waals surface area contributed by atoms with Gasteiger partial charge in [0, 0.05) is 11.5 Å². The molecule has 0 radical (unpaired) electrons. The summed E-state index contributed by atoms with van der Waals surface area (Å²) in [4.78, 5) is 0. The first-order valence-corrected chi connectivity index (χ1v) is 4.99. The zero-order valence-corrected chi connectivity index (χ0v) is 8.33. The Morgan fingerprint density at radius 1 is 1.31 bits per heavy atom. The zero-order valence-electron chi connectivity index (χ0n) is 8.33. The molecular formula is C12H17N. The first-order chi connectivity index (χ1) is 6.18. The fourth-order valence-corrected chi connectivity index (χ4v) is 2.38. The number of benzene rings is 1. The van der Waals surface area contributed by atoms with Gasteiger partial charge in [0.05, 0.1) is 0 Å². The summed E-state index contributed by atoms with van der Waals surface area (Å²) in [7, 11) is 0. The van der Waals surface area contributed by atoms with Crippen molar-refractivity contribution >= 4 is 0 Å². The largest absolute Gasteiger partial charge is 0.327 e. The van der Waals surface area contributed by atoms with Gasteiger partial charge >= 0.3 is 0 Å². The van der Waals surface area contributed by atoms with Crippen molar-refractivity contribution in [2.24, 2.45) is 11.7 Å². The lowest BCUT2D eigenvalue weighted by molar-refractivity contribution is 0.466. The number of hydrogen-bond acceptors (Lipinski definition) is 1. The molecular weight excluding hydrogens is 158 g/mol. The molecule has 2 atom stereocenters. The Morgan fingerprint density at radius 3 is 2.23 bits per heavy atom. The van der Waals surface area contributed by atoms with Gasteiger partial charge in [0.2, 0.25) is 0 Å². The van der Waals surface area contributed by atoms with Crippen LogP contribution in [0.5, 0.6) is 0 Å². The minimum atomic E-state index is 0.279. The van der Waals surface area contributed by atoms with Gasteiger partial charge in [0.1, 0.15) is 0 Å². The summed E-state index contributed by atoms with van der Waals surface area (Å²) in [6, 6.07) is 11.0. The first kappa shape index (κ1) is 8.76. The first-order valence-electron chi connectivity index (χ1n) is 4.99. The second kappa shape index (κ2) is 2.85. The van der Waals surface area contributed by atoms with Crippen LogP contribution < -0.4 is 5.73 Å². The zero-order chi connectivity index (χ0) is 9.47. The maximum absolute atomic E-state index is 6.03. The monoisotopic (exact) mass is 175 g/mol. The molecule has 13 heavy (non-hydrogen) atoms. The summed E-state index contributed by atoms with van der Waals surface area (Å²) in [6.07, 6.45) is 1.15. The van der Waals surface area contributed by atoms with Crippen LogP contribution >= 0.6 is 0 Å². The lowest BCUT2D eigenvalue weighted by Crippen LogP contribution is -2.24. The topological polar surface area (TPSA) is 26.0 Å². The molecule has 0 aliphatic heterocycles. The summed E-state index contributed by atoms with van der Waals surface area (Å²) in [6.45, 7) is 4.53. The quantitative estimate of drug-likeness (QED) is 0.733. The Morgan fingerprint density at radius 2 is 1.85 bits per heavy atom. The molecule has 1 aliphatic rings. The van der Waals surface area contributed by atoms with E-state index in [2.05, 4.69) is 44.2 Å². The van der Waals surface area contributed by atoms with E-state index >= 15 is 0 Å². The molecule has 0 saturated heterocycles. The molecule has 1 aromatic carbocycles. The highest BCUT2D eigenvalue weighted by atomic mass is 14.8. The predicted molar refractivity (Wildman–Crippen MR) is 55.6 cm³/mol. The second-order valence-corrected chi connectivity index (χ2v) is 4.37. The van der Waals surface area contributed by atoms with Crippen LogP contribution in [-0.4, -0.2) is 6.04 Å². The molecule has 0 aromatic heterocycles. The predicted octanol–water partition coefficient (Wildman–Crippen LogP) is 2.31. The van der Waals surface area contributed by atoms with E-state index in [1.165, 1.54) is 5.56 Å². The van der Waals surface area contributed by atoms with Gasteiger partial charge in [-0.3, -0.25) is 0 Å². The Hall–Kier alpha value is -0.820. The van der Waals surface area contributed by atoms with Crippen molar-refractivity contribution in [2.75, 3.05) is 0 Å². The van der Waals surface area contributed by atoms with Gasteiger partial charge in [0.15, 0.2) is 0 Å². The van der Waals surface area contributed by atoms with Gasteiger partial charge in [0.25, 0.3) is 0 Å². The Labute approximate surface area is 80.0 Å². The number of rotatable bonds is 2. The van der Waals surface area contributed by atoms with E-state index in [0.717, 1.165) is 6.42 Å². The highest BCUT2D eigenvalue weighted by Crippen LogP contribution is 2.52. The molecule has 0 bridgehead atoms. The van der Waals surface area contributed by atoms with E-state index in [9.17, 15) is 0 Å². The molecule has 1 aliphatic carbocycles. The van der Waals surface area contributed by atoms with E-state index in [1.807, 2.05) is 0 Å². The minimum Gasteiger partial charge on any atom is -0.327 e. The lowest BCUT2D eigenvalue weighted by Gasteiger charge is -2.21. The van der Waals surface area contributed by atoms with E-state index in [1.54, 1.807) is 0 Å². The SMILES string of the molecule is CC(C)C1(c2ccccc2)C[C@H]1N. The summed E-state index contributed by atoms with van der Waals surface area (Å²) >= 11 is 0. The van der Waals surface area contributed by atoms with Crippen molar-refractivity contribution in [2.45, 2.75) is 31.7 Å². The molecule has 1 unspecified atom stereocenters. The highest BCUT2D eigenvalue weighted by Gasteiger charge is 2.54. The highest BCUT2D eigenvalue weighted by molar-refractivity contribution is 5.36. The smallest absolute Gasteiger partial charge is 0.0148 e. The molecule has 1 nitrogen and oxygen atoms in total. The Kier molecular flexibility index (Phi) is 1.92. The number of hydrogen-bond donors (Lipinski definition) is 1. The van der Waals surface area contributed by atoms with Crippen molar-refractivity contribution in [1.82, 2.24) is 0 Å². The van der Waals surface area contributed by atoms with Crippen molar-refractivity contribution < 1.29 is 0 Å². The van der Waals surface area contributed by atoms with Crippen LogP contribution in [0.2, 0.25) is 0 Å². The Bertz CT molecular complexity index is 291. The maximum atomic E-state index is 6.03. The van der Waals surface area contributed by atoms with Crippen molar-refractivity contribution in [1.29, 1.82) is 0 Å². The summed E-state index contributed by atoms with van der Waals surface area (Å²) in [5, 5.41) is 0. The molecule has 0 amide bonds. The van der Waals surface area contributed by atoms with Gasteiger partial charge < -0.3 is 5.73 Å². The summed E-state index contributed by atoms with van der Waals surface area (Å²) in [5.41, 5.74) is 7.73. The molecule has 1 heteroatoms. The van der Waals surface area contributed by atoms with Gasteiger partial charge in [-0.15, -0.1) is 0 Å². The van der Waals surface area contributed by atoms with Gasteiger partial charge in [-0.25, -0.2) is 0 Å². The maximum Gasteiger partial charge on any atom is 0.0148 e. The van der Waals surface area contributed by atoms with Crippen molar-refractivity contribution in [3.63, 3.8) is 0 Å². The van der Waals surface area contributed by atoms with Gasteiger partial charge in [-0.05, 0) is 17.9 Å². The molecule has 1 aromatic rings. The lowest BCUT2D eigenvalue weighted by atomic mass is 9.84. The summed E-state index contributed by atoms with van der Waals surface area (Å²) < 4.78 is 0. The van der Waals surface area contributed by atoms with Crippen LogP contribution in [0.15, 0.2) is 30.3 Å². The van der Waals surface area contributed by atoms with Crippen LogP contribution in [0, 0.1) is 5.92 Å². The second-order valence-electron chi connectivity index (χ2n) is 4.37. The van der Waals surface area contributed by atoms with E-state index in [0.29, 0.717) is 12.0 Å². The fourth-order valence-electron chi connectivity index (χ4n) is 2.38. The number of nitrogens with two attached hydrogens (primary N) is 1. The Balaban J connectivity index is 2.35. The third kappa shape index (κ3) is 1.19. The minimum absolute atomic E-state index is 0.279. The molecule has 1 fully saturated rings. The molecule has 2 rings (SSSR count).